The first kappa shape index (κ1) is 25.0. The standard InChI is InChI=1S/C20H30N2O2.C2HF3O2/c1-24-19-8-6-17(7-9-19)14-18-15-22(16-18)20(23)10-13-21-11-4-2-3-5-12-21;3-2(4,5)1(6)7/h6-9,18H,2-5,10-16H2,1H3;(H,6,7). The SMILES string of the molecule is COc1ccc(CC2CN(C(=O)CCN3CCCCCC3)C2)cc1.O=C(O)C(F)(F)F. The Kier molecular flexibility index (Phi) is 9.61. The number of carbonyl (C=O) groups excluding carboxylic acids is 1. The van der Waals surface area contributed by atoms with Crippen molar-refractivity contribution in [2.45, 2.75) is 44.7 Å². The van der Waals surface area contributed by atoms with Gasteiger partial charge in [-0.1, -0.05) is 25.0 Å². The molecule has 31 heavy (non-hydrogen) atoms. The summed E-state index contributed by atoms with van der Waals surface area (Å²) >= 11 is 0. The molecule has 1 N–H and O–H groups in total. The van der Waals surface area contributed by atoms with Crippen LogP contribution in [-0.4, -0.2) is 72.8 Å². The maximum Gasteiger partial charge on any atom is 0.490 e. The minimum atomic E-state index is -5.08. The molecule has 0 atom stereocenters. The average Bonchev–Trinajstić information content (AvgIpc) is 2.97. The first-order chi connectivity index (χ1) is 14.7. The summed E-state index contributed by atoms with van der Waals surface area (Å²) in [5, 5.41) is 7.12. The highest BCUT2D eigenvalue weighted by molar-refractivity contribution is 5.77. The van der Waals surface area contributed by atoms with Crippen LogP contribution in [0, 0.1) is 5.92 Å². The number of carboxylic acid groups (broad SMARTS) is 1. The van der Waals surface area contributed by atoms with Gasteiger partial charge in [-0.05, 0) is 56.0 Å². The molecule has 0 spiro atoms. The summed E-state index contributed by atoms with van der Waals surface area (Å²) in [7, 11) is 1.69. The Morgan fingerprint density at radius 1 is 1.06 bits per heavy atom. The minimum absolute atomic E-state index is 0.338. The first-order valence-corrected chi connectivity index (χ1v) is 10.6. The summed E-state index contributed by atoms with van der Waals surface area (Å²) < 4.78 is 36.9. The number of methoxy groups -OCH3 is 1. The van der Waals surface area contributed by atoms with Crippen LogP contribution >= 0.6 is 0 Å². The highest BCUT2D eigenvalue weighted by atomic mass is 19.4. The fourth-order valence-corrected chi connectivity index (χ4v) is 3.77. The van der Waals surface area contributed by atoms with E-state index >= 15 is 0 Å². The summed E-state index contributed by atoms with van der Waals surface area (Å²) in [6.45, 7) is 5.13. The Balaban J connectivity index is 0.000000423. The van der Waals surface area contributed by atoms with Crippen LogP contribution in [0.3, 0.4) is 0 Å². The summed E-state index contributed by atoms with van der Waals surface area (Å²) in [6, 6.07) is 8.28. The largest absolute Gasteiger partial charge is 0.497 e. The number of likely N-dealkylation sites (tertiary alicyclic amines) is 2. The van der Waals surface area contributed by atoms with Crippen LogP contribution in [0.15, 0.2) is 24.3 Å². The van der Waals surface area contributed by atoms with E-state index in [0.717, 1.165) is 31.8 Å². The van der Waals surface area contributed by atoms with Gasteiger partial charge in [0.1, 0.15) is 5.75 Å². The van der Waals surface area contributed by atoms with Crippen molar-refractivity contribution in [3.05, 3.63) is 29.8 Å². The second kappa shape index (κ2) is 11.9. The van der Waals surface area contributed by atoms with Gasteiger partial charge in [0.05, 0.1) is 7.11 Å². The van der Waals surface area contributed by atoms with Crippen molar-refractivity contribution in [3.63, 3.8) is 0 Å². The second-order valence-electron chi connectivity index (χ2n) is 8.03. The van der Waals surface area contributed by atoms with Crippen LogP contribution in [0.4, 0.5) is 13.2 Å². The molecule has 2 saturated heterocycles. The van der Waals surface area contributed by atoms with Crippen LogP contribution < -0.4 is 4.74 Å². The molecule has 2 heterocycles. The molecule has 1 aromatic carbocycles. The van der Waals surface area contributed by atoms with Gasteiger partial charge in [0.25, 0.3) is 0 Å². The number of carboxylic acids is 1. The second-order valence-corrected chi connectivity index (χ2v) is 8.03. The molecule has 0 bridgehead atoms. The molecule has 1 amide bonds. The van der Waals surface area contributed by atoms with Crippen molar-refractivity contribution in [1.29, 1.82) is 0 Å². The van der Waals surface area contributed by atoms with Gasteiger partial charge in [0.15, 0.2) is 0 Å². The third kappa shape index (κ3) is 8.77. The third-order valence-electron chi connectivity index (χ3n) is 5.58. The maximum atomic E-state index is 12.3. The number of aliphatic carboxylic acids is 1. The van der Waals surface area contributed by atoms with Gasteiger partial charge in [0, 0.05) is 26.1 Å². The quantitative estimate of drug-likeness (QED) is 0.726. The number of benzene rings is 1. The molecule has 2 aliphatic rings. The van der Waals surface area contributed by atoms with Gasteiger partial charge in [0.2, 0.25) is 5.91 Å². The molecule has 0 aromatic heterocycles. The van der Waals surface area contributed by atoms with E-state index in [2.05, 4.69) is 17.0 Å². The molecule has 9 heteroatoms. The highest BCUT2D eigenvalue weighted by Gasteiger charge is 2.38. The van der Waals surface area contributed by atoms with E-state index in [1.807, 2.05) is 17.0 Å². The van der Waals surface area contributed by atoms with E-state index in [9.17, 15) is 18.0 Å². The molecule has 0 unspecified atom stereocenters. The zero-order valence-electron chi connectivity index (χ0n) is 17.9. The van der Waals surface area contributed by atoms with E-state index in [1.165, 1.54) is 44.3 Å². The summed E-state index contributed by atoms with van der Waals surface area (Å²) in [5.41, 5.74) is 1.33. The van der Waals surface area contributed by atoms with Crippen molar-refractivity contribution in [2.75, 3.05) is 39.8 Å². The number of carbonyl (C=O) groups is 2. The Morgan fingerprint density at radius 2 is 1.61 bits per heavy atom. The molecule has 2 aliphatic heterocycles. The molecule has 6 nitrogen and oxygen atoms in total. The fourth-order valence-electron chi connectivity index (χ4n) is 3.77. The number of hydrogen-bond acceptors (Lipinski definition) is 4. The van der Waals surface area contributed by atoms with E-state index in [1.54, 1.807) is 7.11 Å². The molecule has 0 saturated carbocycles. The Morgan fingerprint density at radius 3 is 2.10 bits per heavy atom. The topological polar surface area (TPSA) is 70.1 Å². The number of alkyl halides is 3. The number of hydrogen-bond donors (Lipinski definition) is 1. The van der Waals surface area contributed by atoms with Crippen LogP contribution in [0.5, 0.6) is 5.75 Å². The molecular weight excluding hydrogens is 413 g/mol. The normalized spacial score (nSPS) is 17.7. The predicted molar refractivity (Wildman–Crippen MR) is 110 cm³/mol. The Labute approximate surface area is 181 Å². The molecule has 0 aliphatic carbocycles. The van der Waals surface area contributed by atoms with E-state index in [0.29, 0.717) is 18.2 Å². The van der Waals surface area contributed by atoms with Gasteiger partial charge in [-0.3, -0.25) is 4.79 Å². The van der Waals surface area contributed by atoms with Gasteiger partial charge in [-0.25, -0.2) is 4.79 Å². The van der Waals surface area contributed by atoms with Gasteiger partial charge in [-0.2, -0.15) is 13.2 Å². The summed E-state index contributed by atoms with van der Waals surface area (Å²) in [4.78, 5) is 25.7. The molecule has 174 valence electrons. The molecular formula is C22H31F3N2O4. The number of ether oxygens (including phenoxy) is 1. The minimum Gasteiger partial charge on any atom is -0.497 e. The van der Waals surface area contributed by atoms with Gasteiger partial charge in [-0.15, -0.1) is 0 Å². The van der Waals surface area contributed by atoms with Crippen LogP contribution in [0.2, 0.25) is 0 Å². The van der Waals surface area contributed by atoms with Gasteiger partial charge >= 0.3 is 12.1 Å². The smallest absolute Gasteiger partial charge is 0.490 e. The maximum absolute atomic E-state index is 12.3. The average molecular weight is 444 g/mol. The zero-order chi connectivity index (χ0) is 22.9. The fraction of sp³-hybridized carbons (Fsp3) is 0.636. The number of amides is 1. The zero-order valence-corrected chi connectivity index (χ0v) is 17.9. The van der Waals surface area contributed by atoms with Crippen molar-refractivity contribution < 1.29 is 32.6 Å². The van der Waals surface area contributed by atoms with Crippen molar-refractivity contribution in [3.8, 4) is 5.75 Å². The lowest BCUT2D eigenvalue weighted by Gasteiger charge is -2.40. The lowest BCUT2D eigenvalue weighted by molar-refractivity contribution is -0.192. The highest BCUT2D eigenvalue weighted by Crippen LogP contribution is 2.23. The van der Waals surface area contributed by atoms with E-state index in [4.69, 9.17) is 14.6 Å². The predicted octanol–water partition coefficient (Wildman–Crippen LogP) is 3.60. The molecule has 3 rings (SSSR count). The first-order valence-electron chi connectivity index (χ1n) is 10.6. The summed E-state index contributed by atoms with van der Waals surface area (Å²) in [5.74, 6) is -0.907. The third-order valence-corrected chi connectivity index (χ3v) is 5.58. The van der Waals surface area contributed by atoms with Crippen molar-refractivity contribution in [2.24, 2.45) is 5.92 Å². The molecule has 1 aromatic rings. The van der Waals surface area contributed by atoms with E-state index in [-0.39, 0.29) is 0 Å². The van der Waals surface area contributed by atoms with Gasteiger partial charge < -0.3 is 19.6 Å². The number of nitrogens with zero attached hydrogens (tertiary/aromatic N) is 2. The van der Waals surface area contributed by atoms with Crippen LogP contribution in [-0.2, 0) is 16.0 Å². The lowest BCUT2D eigenvalue weighted by atomic mass is 9.92. The Bertz CT molecular complexity index is 696. The molecule has 0 radical (unpaired) electrons. The number of rotatable bonds is 6. The van der Waals surface area contributed by atoms with Crippen LogP contribution in [0.25, 0.3) is 0 Å². The lowest BCUT2D eigenvalue weighted by Crippen LogP contribution is -2.51. The van der Waals surface area contributed by atoms with Crippen molar-refractivity contribution >= 4 is 11.9 Å². The van der Waals surface area contributed by atoms with Crippen molar-refractivity contribution in [1.82, 2.24) is 9.80 Å². The van der Waals surface area contributed by atoms with Crippen LogP contribution in [0.1, 0.15) is 37.7 Å². The Hall–Kier alpha value is -2.29. The summed E-state index contributed by atoms with van der Waals surface area (Å²) in [6.07, 6.45) is 1.95. The monoisotopic (exact) mass is 444 g/mol. The van der Waals surface area contributed by atoms with E-state index < -0.39 is 12.1 Å². The molecule has 2 fully saturated rings. The number of halogens is 3.